The van der Waals surface area contributed by atoms with Gasteiger partial charge in [-0.25, -0.2) is 9.59 Å². The molecule has 0 aliphatic heterocycles. The largest absolute Gasteiger partial charge is 0.493 e. The molecule has 0 aliphatic rings. The average molecular weight is 268 g/mol. The molecule has 0 bridgehead atoms. The van der Waals surface area contributed by atoms with Crippen molar-refractivity contribution in [2.75, 3.05) is 14.2 Å². The van der Waals surface area contributed by atoms with E-state index in [4.69, 9.17) is 20.3 Å². The Kier molecular flexibility index (Phi) is 4.99. The number of ether oxygens (including phenoxy) is 2. The maximum atomic E-state index is 11.0. The molecule has 1 rings (SSSR count). The monoisotopic (exact) mass is 268 g/mol. The molecule has 0 radical (unpaired) electrons. The first kappa shape index (κ1) is 14.6. The first-order valence-corrected chi connectivity index (χ1v) is 5.47. The van der Waals surface area contributed by atoms with E-state index < -0.39 is 18.0 Å². The predicted molar refractivity (Wildman–Crippen MR) is 67.4 cm³/mol. The summed E-state index contributed by atoms with van der Waals surface area (Å²) < 4.78 is 10.2. The molecule has 19 heavy (non-hydrogen) atoms. The van der Waals surface area contributed by atoms with Crippen molar-refractivity contribution in [3.05, 3.63) is 23.8 Å². The van der Waals surface area contributed by atoms with Crippen molar-refractivity contribution in [1.29, 1.82) is 0 Å². The summed E-state index contributed by atoms with van der Waals surface area (Å²) in [4.78, 5) is 21.7. The molecular weight excluding hydrogens is 252 g/mol. The number of urea groups is 1. The number of nitrogens with one attached hydrogen (secondary N) is 1. The molecule has 0 spiro atoms. The summed E-state index contributed by atoms with van der Waals surface area (Å²) in [5.41, 5.74) is 5.61. The van der Waals surface area contributed by atoms with Gasteiger partial charge in [0.05, 0.1) is 14.2 Å². The third-order valence-electron chi connectivity index (χ3n) is 2.50. The molecule has 0 unspecified atom stereocenters. The van der Waals surface area contributed by atoms with Gasteiger partial charge in [0.2, 0.25) is 0 Å². The normalized spacial score (nSPS) is 11.5. The van der Waals surface area contributed by atoms with Crippen LogP contribution in [0.25, 0.3) is 0 Å². The van der Waals surface area contributed by atoms with E-state index in [1.54, 1.807) is 18.2 Å². The van der Waals surface area contributed by atoms with Crippen molar-refractivity contribution in [2.45, 2.75) is 12.5 Å². The van der Waals surface area contributed by atoms with E-state index in [1.807, 2.05) is 0 Å². The third-order valence-corrected chi connectivity index (χ3v) is 2.50. The number of hydrogen-bond acceptors (Lipinski definition) is 4. The molecule has 2 amide bonds. The highest BCUT2D eigenvalue weighted by atomic mass is 16.5. The van der Waals surface area contributed by atoms with Crippen molar-refractivity contribution in [2.24, 2.45) is 5.73 Å². The standard InChI is InChI=1S/C12H16N2O5/c1-18-9-4-3-7(6-10(9)19-2)5-8(11(15)16)14-12(13)17/h3-4,6,8H,5H2,1-2H3,(H,15,16)(H3,13,14,17)/t8-/m0/s1. The van der Waals surface area contributed by atoms with E-state index >= 15 is 0 Å². The van der Waals surface area contributed by atoms with Crippen LogP contribution in [0.5, 0.6) is 11.5 Å². The van der Waals surface area contributed by atoms with Gasteiger partial charge in [0.1, 0.15) is 6.04 Å². The van der Waals surface area contributed by atoms with Crippen LogP contribution in [0.1, 0.15) is 5.56 Å². The Morgan fingerprint density at radius 3 is 2.42 bits per heavy atom. The molecule has 7 nitrogen and oxygen atoms in total. The van der Waals surface area contributed by atoms with E-state index in [0.29, 0.717) is 17.1 Å². The van der Waals surface area contributed by atoms with Crippen LogP contribution >= 0.6 is 0 Å². The number of benzene rings is 1. The van der Waals surface area contributed by atoms with Gasteiger partial charge in [0.15, 0.2) is 11.5 Å². The fraction of sp³-hybridized carbons (Fsp3) is 0.333. The van der Waals surface area contributed by atoms with Crippen LogP contribution in [-0.4, -0.2) is 37.4 Å². The Balaban J connectivity index is 2.90. The molecule has 0 saturated heterocycles. The zero-order valence-corrected chi connectivity index (χ0v) is 10.7. The number of rotatable bonds is 6. The van der Waals surface area contributed by atoms with Crippen LogP contribution in [-0.2, 0) is 11.2 Å². The molecule has 0 fully saturated rings. The summed E-state index contributed by atoms with van der Waals surface area (Å²) in [6.07, 6.45) is 0.0959. The molecule has 1 aromatic carbocycles. The number of carboxylic acids is 1. The lowest BCUT2D eigenvalue weighted by Gasteiger charge is -2.14. The van der Waals surface area contributed by atoms with E-state index in [9.17, 15) is 9.59 Å². The van der Waals surface area contributed by atoms with Crippen LogP contribution in [0.15, 0.2) is 18.2 Å². The number of methoxy groups -OCH3 is 2. The van der Waals surface area contributed by atoms with Crippen LogP contribution in [0.2, 0.25) is 0 Å². The highest BCUT2D eigenvalue weighted by molar-refractivity contribution is 5.81. The van der Waals surface area contributed by atoms with Gasteiger partial charge in [0.25, 0.3) is 0 Å². The SMILES string of the molecule is COc1ccc(C[C@H](NC(N)=O)C(=O)O)cc1OC. The summed E-state index contributed by atoms with van der Waals surface area (Å²) in [5, 5.41) is 11.1. The second kappa shape index (κ2) is 6.48. The number of nitrogens with two attached hydrogens (primary N) is 1. The Morgan fingerprint density at radius 1 is 1.32 bits per heavy atom. The Hall–Kier alpha value is -2.44. The molecule has 0 aromatic heterocycles. The number of carbonyl (C=O) groups is 2. The maximum Gasteiger partial charge on any atom is 0.326 e. The second-order valence-electron chi connectivity index (χ2n) is 3.79. The molecule has 0 aliphatic carbocycles. The predicted octanol–water partition coefficient (Wildman–Crippen LogP) is 0.368. The smallest absolute Gasteiger partial charge is 0.326 e. The molecule has 1 atom stereocenters. The number of carbonyl (C=O) groups excluding carboxylic acids is 1. The molecule has 0 heterocycles. The van der Waals surface area contributed by atoms with Gasteiger partial charge in [-0.1, -0.05) is 6.07 Å². The summed E-state index contributed by atoms with van der Waals surface area (Å²) >= 11 is 0. The minimum Gasteiger partial charge on any atom is -0.493 e. The topological polar surface area (TPSA) is 111 Å². The molecule has 4 N–H and O–H groups in total. The van der Waals surface area contributed by atoms with E-state index in [2.05, 4.69) is 5.32 Å². The number of primary amides is 1. The second-order valence-corrected chi connectivity index (χ2v) is 3.79. The molecule has 1 aromatic rings. The molecule has 7 heteroatoms. The fourth-order valence-electron chi connectivity index (χ4n) is 1.62. The summed E-state index contributed by atoms with van der Waals surface area (Å²) in [6, 6.07) is 3.04. The molecule has 0 saturated carbocycles. The lowest BCUT2D eigenvalue weighted by Crippen LogP contribution is -2.44. The molecular formula is C12H16N2O5. The van der Waals surface area contributed by atoms with Gasteiger partial charge in [-0.15, -0.1) is 0 Å². The van der Waals surface area contributed by atoms with Crippen molar-refractivity contribution < 1.29 is 24.2 Å². The van der Waals surface area contributed by atoms with Crippen molar-refractivity contribution in [3.8, 4) is 11.5 Å². The quantitative estimate of drug-likeness (QED) is 0.690. The Labute approximate surface area is 110 Å². The van der Waals surface area contributed by atoms with Crippen molar-refractivity contribution in [1.82, 2.24) is 5.32 Å². The number of carboxylic acid groups (broad SMARTS) is 1. The average Bonchev–Trinajstić information content (AvgIpc) is 2.37. The van der Waals surface area contributed by atoms with Crippen LogP contribution in [0.4, 0.5) is 4.79 Å². The number of hydrogen-bond donors (Lipinski definition) is 3. The van der Waals surface area contributed by atoms with E-state index in [1.165, 1.54) is 14.2 Å². The summed E-state index contributed by atoms with van der Waals surface area (Å²) in [5.74, 6) is -0.127. The summed E-state index contributed by atoms with van der Waals surface area (Å²) in [6.45, 7) is 0. The first-order valence-electron chi connectivity index (χ1n) is 5.47. The van der Waals surface area contributed by atoms with Gasteiger partial charge in [0, 0.05) is 6.42 Å². The van der Waals surface area contributed by atoms with Gasteiger partial charge in [-0.2, -0.15) is 0 Å². The fourth-order valence-corrected chi connectivity index (χ4v) is 1.62. The summed E-state index contributed by atoms with van der Waals surface area (Å²) in [7, 11) is 2.99. The van der Waals surface area contributed by atoms with Gasteiger partial charge >= 0.3 is 12.0 Å². The highest BCUT2D eigenvalue weighted by Gasteiger charge is 2.19. The number of amides is 2. The van der Waals surface area contributed by atoms with Gasteiger partial charge in [-0.05, 0) is 17.7 Å². The lowest BCUT2D eigenvalue weighted by atomic mass is 10.1. The number of aliphatic carboxylic acids is 1. The Morgan fingerprint density at radius 2 is 1.95 bits per heavy atom. The highest BCUT2D eigenvalue weighted by Crippen LogP contribution is 2.27. The minimum absolute atomic E-state index is 0.0959. The lowest BCUT2D eigenvalue weighted by molar-refractivity contribution is -0.139. The molecule has 104 valence electrons. The zero-order valence-electron chi connectivity index (χ0n) is 10.7. The van der Waals surface area contributed by atoms with E-state index in [0.717, 1.165) is 0 Å². The van der Waals surface area contributed by atoms with Crippen LogP contribution in [0.3, 0.4) is 0 Å². The minimum atomic E-state index is -1.16. The van der Waals surface area contributed by atoms with Crippen LogP contribution < -0.4 is 20.5 Å². The van der Waals surface area contributed by atoms with Crippen molar-refractivity contribution in [3.63, 3.8) is 0 Å². The Bertz CT molecular complexity index is 475. The van der Waals surface area contributed by atoms with E-state index in [-0.39, 0.29) is 6.42 Å². The van der Waals surface area contributed by atoms with Crippen LogP contribution in [0, 0.1) is 0 Å². The first-order chi connectivity index (χ1) is 8.97. The van der Waals surface area contributed by atoms with Gasteiger partial charge < -0.3 is 25.6 Å². The zero-order chi connectivity index (χ0) is 14.4. The third kappa shape index (κ3) is 4.06. The maximum absolute atomic E-state index is 11.0. The van der Waals surface area contributed by atoms with Crippen molar-refractivity contribution >= 4 is 12.0 Å². The van der Waals surface area contributed by atoms with Gasteiger partial charge in [-0.3, -0.25) is 0 Å².